The molecule has 1 aliphatic heterocycles. The van der Waals surface area contributed by atoms with Gasteiger partial charge in [-0.05, 0) is 25.1 Å². The van der Waals surface area contributed by atoms with E-state index in [1.54, 1.807) is 24.3 Å². The molecule has 2 aromatic rings. The molecule has 1 aromatic heterocycles. The molecule has 2 N–H and O–H groups in total. The van der Waals surface area contributed by atoms with E-state index in [1.807, 2.05) is 0 Å². The van der Waals surface area contributed by atoms with Crippen LogP contribution in [0.1, 0.15) is 19.8 Å². The smallest absolute Gasteiger partial charge is 0.336 e. The average Bonchev–Trinajstić information content (AvgIpc) is 2.88. The van der Waals surface area contributed by atoms with Crippen LogP contribution in [0, 0.1) is 0 Å². The molecule has 0 saturated carbocycles. The molecule has 0 bridgehead atoms. The van der Waals surface area contributed by atoms with Crippen molar-refractivity contribution < 1.29 is 28.9 Å². The molecule has 7 nitrogen and oxygen atoms in total. The van der Waals surface area contributed by atoms with Crippen LogP contribution in [0.5, 0.6) is 5.75 Å². The predicted octanol–water partition coefficient (Wildman–Crippen LogP) is 1.55. The number of esters is 1. The molecule has 2 heterocycles. The standard InChI is InChI=1S/C19H20O7/c1-11-7-14(25-18(11)22)9-19(2,23)16(20)10-24-13-5-3-12-4-6-17(21)26-15(12)8-13/h3-6,8,14,16,20,23H,1,7,9-10H2,2H3/t14-,16+,19-/m0/s1. The van der Waals surface area contributed by atoms with Crippen molar-refractivity contribution in [2.24, 2.45) is 0 Å². The molecule has 3 rings (SSSR count). The average molecular weight is 360 g/mol. The number of benzene rings is 1. The lowest BCUT2D eigenvalue weighted by molar-refractivity contribution is -0.144. The van der Waals surface area contributed by atoms with Gasteiger partial charge in [-0.1, -0.05) is 6.58 Å². The van der Waals surface area contributed by atoms with Gasteiger partial charge in [0.05, 0.1) is 5.60 Å². The fourth-order valence-electron chi connectivity index (χ4n) is 2.83. The van der Waals surface area contributed by atoms with E-state index in [4.69, 9.17) is 13.9 Å². The summed E-state index contributed by atoms with van der Waals surface area (Å²) < 4.78 is 15.7. The molecule has 0 aliphatic carbocycles. The SMILES string of the molecule is C=C1C[C@@H](C[C@](C)(O)[C@H](O)COc2ccc3ccc(=O)oc3c2)OC1=O. The Bertz CT molecular complexity index is 880. The Balaban J connectivity index is 1.62. The molecule has 138 valence electrons. The van der Waals surface area contributed by atoms with Crippen LogP contribution in [-0.4, -0.2) is 40.6 Å². The summed E-state index contributed by atoms with van der Waals surface area (Å²) in [7, 11) is 0. The molecule has 1 aromatic carbocycles. The Hall–Kier alpha value is -2.64. The normalized spacial score (nSPS) is 20.7. The molecule has 0 spiro atoms. The largest absolute Gasteiger partial charge is 0.491 e. The zero-order chi connectivity index (χ0) is 18.9. The summed E-state index contributed by atoms with van der Waals surface area (Å²) in [4.78, 5) is 22.6. The maximum atomic E-state index is 11.4. The molecule has 0 radical (unpaired) electrons. The first-order valence-electron chi connectivity index (χ1n) is 8.20. The number of fused-ring (bicyclic) bond motifs is 1. The Labute approximate surface area is 149 Å². The van der Waals surface area contributed by atoms with E-state index in [9.17, 15) is 19.8 Å². The van der Waals surface area contributed by atoms with E-state index < -0.39 is 29.4 Å². The lowest BCUT2D eigenvalue weighted by atomic mass is 9.91. The van der Waals surface area contributed by atoms with E-state index in [-0.39, 0.29) is 13.0 Å². The minimum Gasteiger partial charge on any atom is -0.491 e. The fraction of sp³-hybridized carbons (Fsp3) is 0.368. The number of ether oxygens (including phenoxy) is 2. The lowest BCUT2D eigenvalue weighted by Crippen LogP contribution is -2.45. The van der Waals surface area contributed by atoms with Crippen LogP contribution >= 0.6 is 0 Å². The van der Waals surface area contributed by atoms with E-state index in [0.29, 0.717) is 23.3 Å². The third kappa shape index (κ3) is 3.95. The van der Waals surface area contributed by atoms with Crippen molar-refractivity contribution in [1.29, 1.82) is 0 Å². The molecule has 3 atom stereocenters. The number of aliphatic hydroxyl groups excluding tert-OH is 1. The summed E-state index contributed by atoms with van der Waals surface area (Å²) in [6.07, 6.45) is -1.34. The number of hydrogen-bond acceptors (Lipinski definition) is 7. The Morgan fingerprint density at radius 2 is 2.08 bits per heavy atom. The highest BCUT2D eigenvalue weighted by molar-refractivity contribution is 5.89. The summed E-state index contributed by atoms with van der Waals surface area (Å²) in [6, 6.07) is 7.91. The molecule has 1 saturated heterocycles. The van der Waals surface area contributed by atoms with E-state index in [2.05, 4.69) is 6.58 Å². The maximum absolute atomic E-state index is 11.4. The molecule has 1 aliphatic rings. The van der Waals surface area contributed by atoms with Crippen LogP contribution in [0.25, 0.3) is 11.0 Å². The van der Waals surface area contributed by atoms with Crippen LogP contribution in [0.15, 0.2) is 51.7 Å². The van der Waals surface area contributed by atoms with Gasteiger partial charge in [-0.3, -0.25) is 0 Å². The molecule has 0 amide bonds. The van der Waals surface area contributed by atoms with Crippen LogP contribution < -0.4 is 10.4 Å². The van der Waals surface area contributed by atoms with Gasteiger partial charge in [0.25, 0.3) is 0 Å². The van der Waals surface area contributed by atoms with E-state index >= 15 is 0 Å². The summed E-state index contributed by atoms with van der Waals surface area (Å²) in [5.41, 5.74) is -1.26. The van der Waals surface area contributed by atoms with Crippen molar-refractivity contribution >= 4 is 16.9 Å². The minimum atomic E-state index is -1.51. The number of carbonyl (C=O) groups is 1. The first-order chi connectivity index (χ1) is 12.2. The highest BCUT2D eigenvalue weighted by Gasteiger charge is 2.38. The minimum absolute atomic E-state index is 0.0644. The number of aliphatic hydroxyl groups is 2. The highest BCUT2D eigenvalue weighted by Crippen LogP contribution is 2.28. The van der Waals surface area contributed by atoms with E-state index in [0.717, 1.165) is 5.39 Å². The predicted molar refractivity (Wildman–Crippen MR) is 92.9 cm³/mol. The monoisotopic (exact) mass is 360 g/mol. The van der Waals surface area contributed by atoms with Gasteiger partial charge in [0.1, 0.15) is 30.1 Å². The Morgan fingerprint density at radius 3 is 2.77 bits per heavy atom. The maximum Gasteiger partial charge on any atom is 0.336 e. The van der Waals surface area contributed by atoms with Gasteiger partial charge >= 0.3 is 11.6 Å². The topological polar surface area (TPSA) is 106 Å². The molecule has 0 unspecified atom stereocenters. The second-order valence-corrected chi connectivity index (χ2v) is 6.68. The lowest BCUT2D eigenvalue weighted by Gasteiger charge is -2.30. The second kappa shape index (κ2) is 6.93. The van der Waals surface area contributed by atoms with E-state index in [1.165, 1.54) is 13.0 Å². The first kappa shape index (κ1) is 18.2. The van der Waals surface area contributed by atoms with Gasteiger partial charge in [-0.15, -0.1) is 0 Å². The summed E-state index contributed by atoms with van der Waals surface area (Å²) in [5.74, 6) is -0.0865. The van der Waals surface area contributed by atoms with Crippen molar-refractivity contribution in [3.63, 3.8) is 0 Å². The molecule has 7 heteroatoms. The molecular weight excluding hydrogens is 340 g/mol. The van der Waals surface area contributed by atoms with Crippen LogP contribution in [0.3, 0.4) is 0 Å². The Kier molecular flexibility index (Phi) is 4.84. The number of cyclic esters (lactones) is 1. The van der Waals surface area contributed by atoms with Gasteiger partial charge in [-0.25, -0.2) is 9.59 Å². The summed E-state index contributed by atoms with van der Waals surface area (Å²) in [5, 5.41) is 21.5. The molecular formula is C19H20O7. The zero-order valence-electron chi connectivity index (χ0n) is 14.3. The third-order valence-electron chi connectivity index (χ3n) is 4.40. The van der Waals surface area contributed by atoms with Gasteiger partial charge in [0.2, 0.25) is 0 Å². The number of rotatable bonds is 6. The molecule has 1 fully saturated rings. The zero-order valence-corrected chi connectivity index (χ0v) is 14.3. The van der Waals surface area contributed by atoms with Gasteiger partial charge in [-0.2, -0.15) is 0 Å². The number of carbonyl (C=O) groups excluding carboxylic acids is 1. The fourth-order valence-corrected chi connectivity index (χ4v) is 2.83. The van der Waals surface area contributed by atoms with Gasteiger partial charge < -0.3 is 24.1 Å². The van der Waals surface area contributed by atoms with Crippen LogP contribution in [0.4, 0.5) is 0 Å². The molecule has 26 heavy (non-hydrogen) atoms. The van der Waals surface area contributed by atoms with Crippen molar-refractivity contribution in [3.05, 3.63) is 52.9 Å². The summed E-state index contributed by atoms with van der Waals surface area (Å²) in [6.45, 7) is 4.86. The third-order valence-corrected chi connectivity index (χ3v) is 4.40. The quantitative estimate of drug-likeness (QED) is 0.457. The van der Waals surface area contributed by atoms with Gasteiger partial charge in [0, 0.05) is 35.9 Å². The first-order valence-corrected chi connectivity index (χ1v) is 8.20. The van der Waals surface area contributed by atoms with Crippen molar-refractivity contribution in [1.82, 2.24) is 0 Å². The summed E-state index contributed by atoms with van der Waals surface area (Å²) >= 11 is 0. The van der Waals surface area contributed by atoms with Crippen molar-refractivity contribution in [2.45, 2.75) is 37.6 Å². The van der Waals surface area contributed by atoms with Crippen molar-refractivity contribution in [2.75, 3.05) is 6.61 Å². The highest BCUT2D eigenvalue weighted by atomic mass is 16.6. The van der Waals surface area contributed by atoms with Crippen molar-refractivity contribution in [3.8, 4) is 5.75 Å². The second-order valence-electron chi connectivity index (χ2n) is 6.68. The Morgan fingerprint density at radius 1 is 1.35 bits per heavy atom. The van der Waals surface area contributed by atoms with Crippen LogP contribution in [0.2, 0.25) is 0 Å². The van der Waals surface area contributed by atoms with Gasteiger partial charge in [0.15, 0.2) is 0 Å². The van der Waals surface area contributed by atoms with Crippen LogP contribution in [-0.2, 0) is 9.53 Å². The number of hydrogen-bond donors (Lipinski definition) is 2.